The van der Waals surface area contributed by atoms with Crippen LogP contribution in [0.2, 0.25) is 0 Å². The summed E-state index contributed by atoms with van der Waals surface area (Å²) in [5.74, 6) is 4.20. The number of carbonyl (C=O) groups excluding carboxylic acids is 1. The summed E-state index contributed by atoms with van der Waals surface area (Å²) in [6, 6.07) is 8.32. The maximum atomic E-state index is 12.8. The predicted molar refractivity (Wildman–Crippen MR) is 109 cm³/mol. The van der Waals surface area contributed by atoms with Crippen LogP contribution in [0.1, 0.15) is 54.0 Å². The first-order valence-corrected chi connectivity index (χ1v) is 10.7. The maximum absolute atomic E-state index is 12.8. The highest BCUT2D eigenvalue weighted by Gasteiger charge is 2.48. The molecular weight excluding hydrogens is 384 g/mol. The molecule has 0 aliphatic heterocycles. The number of nitro benzene ring substituents is 1. The SMILES string of the molecule is Cc1cc(OCc2ccc(C(=O)NC3C4CC5CC(C4)CC3C5)o2)ccc1[N+](=O)[O-]. The summed E-state index contributed by atoms with van der Waals surface area (Å²) in [4.78, 5) is 23.3. The van der Waals surface area contributed by atoms with E-state index in [1.54, 1.807) is 31.2 Å². The summed E-state index contributed by atoms with van der Waals surface area (Å²) in [7, 11) is 0. The molecule has 7 nitrogen and oxygen atoms in total. The molecule has 0 spiro atoms. The molecule has 158 valence electrons. The molecule has 7 heteroatoms. The lowest BCUT2D eigenvalue weighted by molar-refractivity contribution is -0.385. The topological polar surface area (TPSA) is 94.6 Å². The summed E-state index contributed by atoms with van der Waals surface area (Å²) in [6.45, 7) is 1.83. The molecule has 4 fully saturated rings. The zero-order valence-corrected chi connectivity index (χ0v) is 17.0. The van der Waals surface area contributed by atoms with Gasteiger partial charge in [-0.05, 0) is 87.0 Å². The second-order valence-electron chi connectivity index (χ2n) is 9.19. The Kier molecular flexibility index (Phi) is 4.76. The summed E-state index contributed by atoms with van der Waals surface area (Å²) >= 11 is 0. The number of nitrogens with one attached hydrogen (secondary N) is 1. The van der Waals surface area contributed by atoms with Gasteiger partial charge in [-0.15, -0.1) is 0 Å². The lowest BCUT2D eigenvalue weighted by atomic mass is 9.54. The number of nitrogens with zero attached hydrogens (tertiary/aromatic N) is 1. The van der Waals surface area contributed by atoms with Gasteiger partial charge in [-0.2, -0.15) is 0 Å². The Morgan fingerprint density at radius 3 is 2.47 bits per heavy atom. The zero-order valence-electron chi connectivity index (χ0n) is 17.0. The van der Waals surface area contributed by atoms with Gasteiger partial charge in [0.25, 0.3) is 11.6 Å². The van der Waals surface area contributed by atoms with Gasteiger partial charge in [0.05, 0.1) is 4.92 Å². The Morgan fingerprint density at radius 1 is 1.13 bits per heavy atom. The molecule has 1 heterocycles. The van der Waals surface area contributed by atoms with Crippen molar-refractivity contribution in [1.82, 2.24) is 5.32 Å². The molecule has 4 saturated carbocycles. The number of hydrogen-bond donors (Lipinski definition) is 1. The fourth-order valence-electron chi connectivity index (χ4n) is 6.04. The van der Waals surface area contributed by atoms with Crippen LogP contribution in [0.4, 0.5) is 5.69 Å². The Labute approximate surface area is 174 Å². The first-order valence-electron chi connectivity index (χ1n) is 10.7. The molecule has 2 aromatic rings. The number of aryl methyl sites for hydroxylation is 1. The fourth-order valence-corrected chi connectivity index (χ4v) is 6.04. The van der Waals surface area contributed by atoms with Crippen molar-refractivity contribution in [2.45, 2.75) is 51.7 Å². The normalized spacial score (nSPS) is 29.0. The van der Waals surface area contributed by atoms with E-state index >= 15 is 0 Å². The minimum atomic E-state index is -0.417. The van der Waals surface area contributed by atoms with Crippen molar-refractivity contribution in [1.29, 1.82) is 0 Å². The van der Waals surface area contributed by atoms with Crippen molar-refractivity contribution >= 4 is 11.6 Å². The van der Waals surface area contributed by atoms with Crippen LogP contribution in [0, 0.1) is 40.7 Å². The van der Waals surface area contributed by atoms with Gasteiger partial charge in [0.15, 0.2) is 5.76 Å². The zero-order chi connectivity index (χ0) is 20.8. The van der Waals surface area contributed by atoms with E-state index in [4.69, 9.17) is 9.15 Å². The Hall–Kier alpha value is -2.83. The molecule has 0 saturated heterocycles. The van der Waals surface area contributed by atoms with Crippen molar-refractivity contribution in [2.24, 2.45) is 23.7 Å². The molecule has 0 unspecified atom stereocenters. The van der Waals surface area contributed by atoms with E-state index < -0.39 is 4.92 Å². The third kappa shape index (κ3) is 3.57. The molecule has 1 aromatic heterocycles. The minimum absolute atomic E-state index is 0.0593. The van der Waals surface area contributed by atoms with E-state index in [1.807, 2.05) is 0 Å². The monoisotopic (exact) mass is 410 g/mol. The molecule has 1 amide bonds. The van der Waals surface area contributed by atoms with E-state index in [0.717, 1.165) is 11.8 Å². The number of furan rings is 1. The van der Waals surface area contributed by atoms with Crippen LogP contribution in [0.15, 0.2) is 34.7 Å². The van der Waals surface area contributed by atoms with Gasteiger partial charge in [-0.25, -0.2) is 0 Å². The third-order valence-corrected chi connectivity index (χ3v) is 7.16. The fraction of sp³-hybridized carbons (Fsp3) is 0.522. The van der Waals surface area contributed by atoms with E-state index in [2.05, 4.69) is 5.32 Å². The van der Waals surface area contributed by atoms with Crippen LogP contribution in [0.3, 0.4) is 0 Å². The number of carbonyl (C=O) groups is 1. The molecule has 4 bridgehead atoms. The molecule has 4 aliphatic carbocycles. The van der Waals surface area contributed by atoms with Crippen molar-refractivity contribution in [3.63, 3.8) is 0 Å². The second-order valence-corrected chi connectivity index (χ2v) is 9.19. The average molecular weight is 410 g/mol. The first kappa shape index (κ1) is 19.2. The molecule has 0 radical (unpaired) electrons. The van der Waals surface area contributed by atoms with Crippen molar-refractivity contribution in [3.8, 4) is 5.75 Å². The molecule has 6 rings (SSSR count). The van der Waals surface area contributed by atoms with Gasteiger partial charge in [-0.3, -0.25) is 14.9 Å². The van der Waals surface area contributed by atoms with Crippen LogP contribution in [0.25, 0.3) is 0 Å². The minimum Gasteiger partial charge on any atom is -0.486 e. The lowest BCUT2D eigenvalue weighted by Gasteiger charge is -2.54. The third-order valence-electron chi connectivity index (χ3n) is 7.16. The second kappa shape index (κ2) is 7.45. The van der Waals surface area contributed by atoms with Crippen molar-refractivity contribution < 1.29 is 18.9 Å². The Morgan fingerprint density at radius 2 is 1.83 bits per heavy atom. The Balaban J connectivity index is 1.19. The summed E-state index contributed by atoms with van der Waals surface area (Å²) in [5, 5.41) is 14.2. The number of rotatable bonds is 6. The molecule has 1 N–H and O–H groups in total. The number of hydrogen-bond acceptors (Lipinski definition) is 5. The molecule has 0 atom stereocenters. The smallest absolute Gasteiger partial charge is 0.287 e. The standard InChI is InChI=1S/C23H26N2O5/c1-13-6-18(2-4-20(13)25(27)28)29-12-19-3-5-21(30-19)23(26)24-22-16-8-14-7-15(10-16)11-17(22)9-14/h2-6,14-17,22H,7-12H2,1H3,(H,24,26). The highest BCUT2D eigenvalue weighted by atomic mass is 16.6. The van der Waals surface area contributed by atoms with E-state index in [0.29, 0.717) is 34.7 Å². The lowest BCUT2D eigenvalue weighted by Crippen LogP contribution is -2.55. The van der Waals surface area contributed by atoms with Gasteiger partial charge in [0.2, 0.25) is 0 Å². The highest BCUT2D eigenvalue weighted by Crippen LogP contribution is 2.53. The molecule has 1 aromatic carbocycles. The van der Waals surface area contributed by atoms with Crippen molar-refractivity contribution in [2.75, 3.05) is 0 Å². The van der Waals surface area contributed by atoms with Gasteiger partial charge in [0.1, 0.15) is 18.1 Å². The van der Waals surface area contributed by atoms with Gasteiger partial charge in [0, 0.05) is 17.7 Å². The van der Waals surface area contributed by atoms with E-state index in [9.17, 15) is 14.9 Å². The van der Waals surface area contributed by atoms with Crippen molar-refractivity contribution in [3.05, 3.63) is 57.5 Å². The van der Waals surface area contributed by atoms with Crippen LogP contribution >= 0.6 is 0 Å². The van der Waals surface area contributed by atoms with Gasteiger partial charge < -0.3 is 14.5 Å². The van der Waals surface area contributed by atoms with Gasteiger partial charge >= 0.3 is 0 Å². The molecular formula is C23H26N2O5. The van der Waals surface area contributed by atoms with Crippen LogP contribution < -0.4 is 10.1 Å². The Bertz CT molecular complexity index is 954. The predicted octanol–water partition coefficient (Wildman–Crippen LogP) is 4.63. The van der Waals surface area contributed by atoms with E-state index in [-0.39, 0.29) is 24.2 Å². The van der Waals surface area contributed by atoms with Crippen LogP contribution in [-0.2, 0) is 6.61 Å². The highest BCUT2D eigenvalue weighted by molar-refractivity contribution is 5.91. The maximum Gasteiger partial charge on any atom is 0.287 e. The molecule has 30 heavy (non-hydrogen) atoms. The largest absolute Gasteiger partial charge is 0.486 e. The first-order chi connectivity index (χ1) is 14.5. The number of ether oxygens (including phenoxy) is 1. The van der Waals surface area contributed by atoms with Gasteiger partial charge in [-0.1, -0.05) is 0 Å². The quantitative estimate of drug-likeness (QED) is 0.553. The average Bonchev–Trinajstić information content (AvgIpc) is 3.17. The number of nitro groups is 1. The number of benzene rings is 1. The summed E-state index contributed by atoms with van der Waals surface area (Å²) in [6.07, 6.45) is 6.41. The summed E-state index contributed by atoms with van der Waals surface area (Å²) in [5.41, 5.74) is 0.594. The van der Waals surface area contributed by atoms with Crippen LogP contribution in [0.5, 0.6) is 5.75 Å². The van der Waals surface area contributed by atoms with Crippen LogP contribution in [-0.4, -0.2) is 16.9 Å². The summed E-state index contributed by atoms with van der Waals surface area (Å²) < 4.78 is 11.4. The van der Waals surface area contributed by atoms with E-state index in [1.165, 1.54) is 38.2 Å². The molecule has 4 aliphatic rings. The number of amides is 1.